The number of rotatable bonds is 6. The van der Waals surface area contributed by atoms with Gasteiger partial charge in [-0.2, -0.15) is 0 Å². The van der Waals surface area contributed by atoms with Crippen LogP contribution in [0.5, 0.6) is 0 Å². The van der Waals surface area contributed by atoms with Crippen LogP contribution in [0.4, 0.5) is 0 Å². The molecule has 0 aromatic carbocycles. The molecule has 1 unspecified atom stereocenters. The monoisotopic (exact) mass is 319 g/mol. The molecule has 3 nitrogen and oxygen atoms in total. The van der Waals surface area contributed by atoms with E-state index in [0.717, 1.165) is 3.79 Å². The standard InChI is InChI=1S/C12H18BrNO2S/c1-3-14(12(16)7-4-9(2)15)8-10-5-6-11(13)17-10/h5-6,9,15H,3-4,7-8H2,1-2H3. The fraction of sp³-hybridized carbons (Fsp3) is 0.583. The third-order valence-electron chi connectivity index (χ3n) is 2.49. The van der Waals surface area contributed by atoms with Gasteiger partial charge in [0, 0.05) is 17.8 Å². The molecule has 1 aromatic heterocycles. The molecule has 0 saturated carbocycles. The maximum atomic E-state index is 11.9. The summed E-state index contributed by atoms with van der Waals surface area (Å²) in [7, 11) is 0. The Morgan fingerprint density at radius 2 is 2.29 bits per heavy atom. The Hall–Kier alpha value is -0.390. The Morgan fingerprint density at radius 3 is 2.76 bits per heavy atom. The van der Waals surface area contributed by atoms with E-state index in [1.807, 2.05) is 24.0 Å². The van der Waals surface area contributed by atoms with Gasteiger partial charge in [-0.25, -0.2) is 0 Å². The van der Waals surface area contributed by atoms with E-state index in [1.54, 1.807) is 18.3 Å². The lowest BCUT2D eigenvalue weighted by molar-refractivity contribution is -0.132. The smallest absolute Gasteiger partial charge is 0.222 e. The molecule has 0 bridgehead atoms. The molecule has 0 aliphatic rings. The van der Waals surface area contributed by atoms with Crippen LogP contribution < -0.4 is 0 Å². The van der Waals surface area contributed by atoms with Gasteiger partial charge in [-0.05, 0) is 48.3 Å². The fourth-order valence-corrected chi connectivity index (χ4v) is 2.99. The molecule has 1 heterocycles. The van der Waals surface area contributed by atoms with Gasteiger partial charge in [0.2, 0.25) is 5.91 Å². The largest absolute Gasteiger partial charge is 0.393 e. The number of amides is 1. The van der Waals surface area contributed by atoms with Crippen LogP contribution in [-0.4, -0.2) is 28.6 Å². The van der Waals surface area contributed by atoms with E-state index in [-0.39, 0.29) is 5.91 Å². The number of hydrogen-bond acceptors (Lipinski definition) is 3. The van der Waals surface area contributed by atoms with Crippen molar-refractivity contribution in [2.24, 2.45) is 0 Å². The van der Waals surface area contributed by atoms with Crippen LogP contribution in [0.25, 0.3) is 0 Å². The zero-order chi connectivity index (χ0) is 12.8. The van der Waals surface area contributed by atoms with Gasteiger partial charge < -0.3 is 10.0 Å². The van der Waals surface area contributed by atoms with Crippen molar-refractivity contribution in [3.8, 4) is 0 Å². The van der Waals surface area contributed by atoms with Gasteiger partial charge in [0.05, 0.1) is 16.4 Å². The van der Waals surface area contributed by atoms with Crippen molar-refractivity contribution < 1.29 is 9.90 Å². The Balaban J connectivity index is 2.50. The SMILES string of the molecule is CCN(Cc1ccc(Br)s1)C(=O)CCC(C)O. The highest BCUT2D eigenvalue weighted by Gasteiger charge is 2.13. The van der Waals surface area contributed by atoms with Gasteiger partial charge in [-0.3, -0.25) is 4.79 Å². The number of halogens is 1. The highest BCUT2D eigenvalue weighted by atomic mass is 79.9. The van der Waals surface area contributed by atoms with Gasteiger partial charge in [0.1, 0.15) is 0 Å². The van der Waals surface area contributed by atoms with Crippen LogP contribution in [0, 0.1) is 0 Å². The lowest BCUT2D eigenvalue weighted by Gasteiger charge is -2.20. The number of aliphatic hydroxyl groups excluding tert-OH is 1. The van der Waals surface area contributed by atoms with Gasteiger partial charge in [0.25, 0.3) is 0 Å². The maximum absolute atomic E-state index is 11.9. The Morgan fingerprint density at radius 1 is 1.59 bits per heavy atom. The van der Waals surface area contributed by atoms with Crippen molar-refractivity contribution in [3.05, 3.63) is 20.8 Å². The summed E-state index contributed by atoms with van der Waals surface area (Å²) in [6.07, 6.45) is 0.537. The fourth-order valence-electron chi connectivity index (χ4n) is 1.49. The Labute approximate surface area is 115 Å². The molecular weight excluding hydrogens is 302 g/mol. The molecule has 0 aliphatic heterocycles. The van der Waals surface area contributed by atoms with Crippen LogP contribution in [-0.2, 0) is 11.3 Å². The molecule has 96 valence electrons. The zero-order valence-electron chi connectivity index (χ0n) is 10.1. The minimum atomic E-state index is -0.409. The van der Waals surface area contributed by atoms with Crippen LogP contribution in [0.15, 0.2) is 15.9 Å². The molecule has 0 spiro atoms. The van der Waals surface area contributed by atoms with Crippen LogP contribution in [0.1, 0.15) is 31.6 Å². The average molecular weight is 320 g/mol. The molecule has 1 amide bonds. The van der Waals surface area contributed by atoms with E-state index in [9.17, 15) is 9.90 Å². The van der Waals surface area contributed by atoms with E-state index in [4.69, 9.17) is 0 Å². The van der Waals surface area contributed by atoms with Crippen LogP contribution >= 0.6 is 27.3 Å². The molecule has 1 aromatic rings. The quantitative estimate of drug-likeness (QED) is 0.875. The van der Waals surface area contributed by atoms with E-state index < -0.39 is 6.10 Å². The van der Waals surface area contributed by atoms with Gasteiger partial charge in [-0.1, -0.05) is 0 Å². The van der Waals surface area contributed by atoms with E-state index >= 15 is 0 Å². The highest BCUT2D eigenvalue weighted by molar-refractivity contribution is 9.11. The molecule has 1 rings (SSSR count). The molecular formula is C12H18BrNO2S. The van der Waals surface area contributed by atoms with Crippen molar-refractivity contribution in [1.82, 2.24) is 4.90 Å². The van der Waals surface area contributed by atoms with Gasteiger partial charge >= 0.3 is 0 Å². The van der Waals surface area contributed by atoms with Crippen molar-refractivity contribution in [1.29, 1.82) is 0 Å². The predicted molar refractivity (Wildman–Crippen MR) is 74.0 cm³/mol. The highest BCUT2D eigenvalue weighted by Crippen LogP contribution is 2.23. The first-order valence-corrected chi connectivity index (χ1v) is 7.34. The Kier molecular flexibility index (Phi) is 6.16. The van der Waals surface area contributed by atoms with Gasteiger partial charge in [0.15, 0.2) is 0 Å². The molecule has 0 aliphatic carbocycles. The van der Waals surface area contributed by atoms with Gasteiger partial charge in [-0.15, -0.1) is 11.3 Å². The summed E-state index contributed by atoms with van der Waals surface area (Å²) < 4.78 is 1.08. The summed E-state index contributed by atoms with van der Waals surface area (Å²) in [6, 6.07) is 4.02. The second-order valence-corrected chi connectivity index (χ2v) is 6.55. The normalized spacial score (nSPS) is 12.5. The number of carbonyl (C=O) groups excluding carboxylic acids is 1. The van der Waals surface area contributed by atoms with Crippen molar-refractivity contribution in [2.45, 2.75) is 39.3 Å². The summed E-state index contributed by atoms with van der Waals surface area (Å²) in [5.41, 5.74) is 0. The molecule has 17 heavy (non-hydrogen) atoms. The number of nitrogens with zero attached hydrogens (tertiary/aromatic N) is 1. The summed E-state index contributed by atoms with van der Waals surface area (Å²) >= 11 is 5.06. The Bertz CT molecular complexity index is 365. The first-order valence-electron chi connectivity index (χ1n) is 5.73. The molecule has 1 N–H and O–H groups in total. The predicted octanol–water partition coefficient (Wildman–Crippen LogP) is 3.02. The molecule has 0 radical (unpaired) electrons. The second-order valence-electron chi connectivity index (χ2n) is 4.00. The molecule has 0 fully saturated rings. The first kappa shape index (κ1) is 14.7. The number of hydrogen-bond donors (Lipinski definition) is 1. The first-order chi connectivity index (χ1) is 8.02. The lowest BCUT2D eigenvalue weighted by Crippen LogP contribution is -2.30. The zero-order valence-corrected chi connectivity index (χ0v) is 12.6. The minimum absolute atomic E-state index is 0.109. The number of thiophene rings is 1. The molecule has 0 saturated heterocycles. The topological polar surface area (TPSA) is 40.5 Å². The van der Waals surface area contributed by atoms with Crippen LogP contribution in [0.3, 0.4) is 0 Å². The maximum Gasteiger partial charge on any atom is 0.222 e. The summed E-state index contributed by atoms with van der Waals surface area (Å²) in [5.74, 6) is 0.109. The third kappa shape index (κ3) is 5.19. The molecule has 5 heteroatoms. The summed E-state index contributed by atoms with van der Waals surface area (Å²) in [4.78, 5) is 14.9. The van der Waals surface area contributed by atoms with Crippen molar-refractivity contribution >= 4 is 33.2 Å². The molecule has 1 atom stereocenters. The van der Waals surface area contributed by atoms with E-state index in [0.29, 0.717) is 25.9 Å². The van der Waals surface area contributed by atoms with E-state index in [2.05, 4.69) is 15.9 Å². The average Bonchev–Trinajstić information content (AvgIpc) is 2.68. The minimum Gasteiger partial charge on any atom is -0.393 e. The van der Waals surface area contributed by atoms with Crippen LogP contribution in [0.2, 0.25) is 0 Å². The lowest BCUT2D eigenvalue weighted by atomic mass is 10.2. The second kappa shape index (κ2) is 7.13. The summed E-state index contributed by atoms with van der Waals surface area (Å²) in [5, 5.41) is 9.17. The third-order valence-corrected chi connectivity index (χ3v) is 4.09. The van der Waals surface area contributed by atoms with Crippen molar-refractivity contribution in [2.75, 3.05) is 6.54 Å². The van der Waals surface area contributed by atoms with Crippen molar-refractivity contribution in [3.63, 3.8) is 0 Å². The van der Waals surface area contributed by atoms with E-state index in [1.165, 1.54) is 4.88 Å². The number of aliphatic hydroxyl groups is 1. The number of carbonyl (C=O) groups is 1. The summed E-state index contributed by atoms with van der Waals surface area (Å²) in [6.45, 7) is 5.04.